The van der Waals surface area contributed by atoms with Gasteiger partial charge in [0.1, 0.15) is 0 Å². The van der Waals surface area contributed by atoms with Gasteiger partial charge in [0.25, 0.3) is 5.56 Å². The fourth-order valence-corrected chi connectivity index (χ4v) is 3.39. The van der Waals surface area contributed by atoms with Gasteiger partial charge in [0.2, 0.25) is 0 Å². The van der Waals surface area contributed by atoms with Crippen LogP contribution in [-0.4, -0.2) is 31.3 Å². The third kappa shape index (κ3) is 4.50. The van der Waals surface area contributed by atoms with E-state index in [2.05, 4.69) is 30.8 Å². The molecule has 3 aromatic heterocycles. The SMILES string of the molecule is Cc1cnc(NCc2ccccn2)c(=O)n1CCNCc1[nH]nc2ccc(Cl)cc12. The maximum atomic E-state index is 12.8. The Morgan fingerprint density at radius 1 is 1.17 bits per heavy atom. The Kier molecular flexibility index (Phi) is 6.06. The van der Waals surface area contributed by atoms with Crippen molar-refractivity contribution < 1.29 is 0 Å². The Bertz CT molecular complexity index is 1200. The van der Waals surface area contributed by atoms with Gasteiger partial charge in [0, 0.05) is 48.1 Å². The molecule has 3 heterocycles. The van der Waals surface area contributed by atoms with Crippen molar-refractivity contribution in [2.24, 2.45) is 0 Å². The van der Waals surface area contributed by atoms with E-state index in [1.165, 1.54) is 0 Å². The van der Waals surface area contributed by atoms with Crippen LogP contribution in [0.4, 0.5) is 5.82 Å². The molecule has 30 heavy (non-hydrogen) atoms. The van der Waals surface area contributed by atoms with Crippen LogP contribution in [0.5, 0.6) is 0 Å². The van der Waals surface area contributed by atoms with Crippen LogP contribution in [-0.2, 0) is 19.6 Å². The zero-order valence-corrected chi connectivity index (χ0v) is 17.3. The van der Waals surface area contributed by atoms with Gasteiger partial charge in [-0.3, -0.25) is 14.9 Å². The van der Waals surface area contributed by atoms with E-state index in [1.54, 1.807) is 17.0 Å². The van der Waals surface area contributed by atoms with E-state index in [0.29, 0.717) is 37.0 Å². The van der Waals surface area contributed by atoms with Crippen LogP contribution in [0.25, 0.3) is 10.9 Å². The van der Waals surface area contributed by atoms with Crippen molar-refractivity contribution in [2.75, 3.05) is 11.9 Å². The minimum absolute atomic E-state index is 0.147. The number of anilines is 1. The van der Waals surface area contributed by atoms with Gasteiger partial charge < -0.3 is 15.2 Å². The lowest BCUT2D eigenvalue weighted by Gasteiger charge is -2.12. The molecule has 0 aliphatic rings. The highest BCUT2D eigenvalue weighted by Crippen LogP contribution is 2.20. The highest BCUT2D eigenvalue weighted by atomic mass is 35.5. The molecule has 0 amide bonds. The molecule has 1 aromatic carbocycles. The van der Waals surface area contributed by atoms with Crippen LogP contribution < -0.4 is 16.2 Å². The molecule has 0 aliphatic carbocycles. The number of rotatable bonds is 8. The summed E-state index contributed by atoms with van der Waals surface area (Å²) in [5, 5.41) is 15.4. The third-order valence-corrected chi connectivity index (χ3v) is 5.06. The summed E-state index contributed by atoms with van der Waals surface area (Å²) in [5.74, 6) is 0.320. The third-order valence-electron chi connectivity index (χ3n) is 4.83. The number of nitrogens with one attached hydrogen (secondary N) is 3. The van der Waals surface area contributed by atoms with Crippen LogP contribution in [0.15, 0.2) is 53.6 Å². The fraction of sp³-hybridized carbons (Fsp3) is 0.238. The second-order valence-corrected chi connectivity index (χ2v) is 7.36. The van der Waals surface area contributed by atoms with Crippen molar-refractivity contribution in [3.63, 3.8) is 0 Å². The maximum Gasteiger partial charge on any atom is 0.293 e. The lowest BCUT2D eigenvalue weighted by atomic mass is 10.2. The summed E-state index contributed by atoms with van der Waals surface area (Å²) < 4.78 is 1.71. The zero-order valence-electron chi connectivity index (χ0n) is 16.5. The number of nitrogens with zero attached hydrogens (tertiary/aromatic N) is 4. The highest BCUT2D eigenvalue weighted by Gasteiger charge is 2.09. The number of fused-ring (bicyclic) bond motifs is 1. The Morgan fingerprint density at radius 2 is 2.07 bits per heavy atom. The quantitative estimate of drug-likeness (QED) is 0.377. The van der Waals surface area contributed by atoms with Gasteiger partial charge in [0.05, 0.1) is 23.4 Å². The maximum absolute atomic E-state index is 12.8. The fourth-order valence-electron chi connectivity index (χ4n) is 3.22. The summed E-state index contributed by atoms with van der Waals surface area (Å²) in [7, 11) is 0. The number of aromatic amines is 1. The average Bonchev–Trinajstić information content (AvgIpc) is 3.15. The molecule has 4 rings (SSSR count). The molecular formula is C21H22ClN7O. The molecule has 3 N–H and O–H groups in total. The van der Waals surface area contributed by atoms with Crippen molar-refractivity contribution in [1.29, 1.82) is 0 Å². The lowest BCUT2D eigenvalue weighted by molar-refractivity contribution is 0.569. The van der Waals surface area contributed by atoms with Crippen molar-refractivity contribution >= 4 is 28.3 Å². The van der Waals surface area contributed by atoms with Gasteiger partial charge in [-0.05, 0) is 37.3 Å². The van der Waals surface area contributed by atoms with Crippen LogP contribution >= 0.6 is 11.6 Å². The number of hydrogen-bond donors (Lipinski definition) is 3. The molecule has 9 heteroatoms. The summed E-state index contributed by atoms with van der Waals surface area (Å²) in [5.41, 5.74) is 3.35. The van der Waals surface area contributed by atoms with E-state index in [0.717, 1.165) is 28.0 Å². The van der Waals surface area contributed by atoms with Crippen molar-refractivity contribution in [2.45, 2.75) is 26.6 Å². The van der Waals surface area contributed by atoms with Gasteiger partial charge in [-0.15, -0.1) is 0 Å². The molecule has 154 valence electrons. The summed E-state index contributed by atoms with van der Waals surface area (Å²) in [4.78, 5) is 21.3. The van der Waals surface area contributed by atoms with E-state index in [1.807, 2.05) is 43.3 Å². The first-order valence-corrected chi connectivity index (χ1v) is 10.0. The Hall–Kier alpha value is -3.23. The second kappa shape index (κ2) is 9.06. The van der Waals surface area contributed by atoms with Crippen LogP contribution in [0.2, 0.25) is 5.02 Å². The van der Waals surface area contributed by atoms with Gasteiger partial charge in [-0.2, -0.15) is 5.10 Å². The smallest absolute Gasteiger partial charge is 0.293 e. The Balaban J connectivity index is 1.38. The number of aromatic nitrogens is 5. The largest absolute Gasteiger partial charge is 0.360 e. The van der Waals surface area contributed by atoms with Gasteiger partial charge in [-0.1, -0.05) is 17.7 Å². The van der Waals surface area contributed by atoms with E-state index in [9.17, 15) is 4.79 Å². The lowest BCUT2D eigenvalue weighted by Crippen LogP contribution is -2.30. The number of pyridine rings is 1. The van der Waals surface area contributed by atoms with E-state index < -0.39 is 0 Å². The first kappa shape index (κ1) is 20.1. The van der Waals surface area contributed by atoms with Gasteiger partial charge >= 0.3 is 0 Å². The molecular weight excluding hydrogens is 402 g/mol. The van der Waals surface area contributed by atoms with Crippen LogP contribution in [0, 0.1) is 6.92 Å². The van der Waals surface area contributed by atoms with Crippen LogP contribution in [0.1, 0.15) is 17.1 Å². The molecule has 8 nitrogen and oxygen atoms in total. The Morgan fingerprint density at radius 3 is 2.90 bits per heavy atom. The van der Waals surface area contributed by atoms with Gasteiger partial charge in [-0.25, -0.2) is 4.98 Å². The van der Waals surface area contributed by atoms with Crippen molar-refractivity contribution in [3.05, 3.63) is 81.3 Å². The topological polar surface area (TPSA) is 101 Å². The summed E-state index contributed by atoms with van der Waals surface area (Å²) in [6.07, 6.45) is 3.42. The molecule has 0 atom stereocenters. The number of aryl methyl sites for hydroxylation is 1. The van der Waals surface area contributed by atoms with Crippen molar-refractivity contribution in [1.82, 2.24) is 30.0 Å². The highest BCUT2D eigenvalue weighted by molar-refractivity contribution is 6.31. The number of halogens is 1. The monoisotopic (exact) mass is 423 g/mol. The number of H-pyrrole nitrogens is 1. The predicted molar refractivity (Wildman–Crippen MR) is 118 cm³/mol. The summed E-state index contributed by atoms with van der Waals surface area (Å²) in [6.45, 7) is 4.06. The molecule has 0 saturated carbocycles. The molecule has 0 bridgehead atoms. The number of hydrogen-bond acceptors (Lipinski definition) is 6. The second-order valence-electron chi connectivity index (χ2n) is 6.92. The van der Waals surface area contributed by atoms with Gasteiger partial charge in [0.15, 0.2) is 5.82 Å². The van der Waals surface area contributed by atoms with E-state index in [4.69, 9.17) is 11.6 Å². The van der Waals surface area contributed by atoms with Crippen molar-refractivity contribution in [3.8, 4) is 0 Å². The normalized spacial score (nSPS) is 11.1. The minimum Gasteiger partial charge on any atom is -0.360 e. The number of benzene rings is 1. The molecule has 0 fully saturated rings. The molecule has 4 aromatic rings. The molecule has 0 radical (unpaired) electrons. The van der Waals surface area contributed by atoms with E-state index in [-0.39, 0.29) is 5.56 Å². The summed E-state index contributed by atoms with van der Waals surface area (Å²) >= 11 is 6.09. The van der Waals surface area contributed by atoms with Crippen LogP contribution in [0.3, 0.4) is 0 Å². The summed E-state index contributed by atoms with van der Waals surface area (Å²) in [6, 6.07) is 11.3. The minimum atomic E-state index is -0.147. The average molecular weight is 424 g/mol. The predicted octanol–water partition coefficient (Wildman–Crippen LogP) is 2.88. The Labute approximate surface area is 178 Å². The standard InChI is InChI=1S/C21H22ClN7O/c1-14-11-25-20(26-12-16-4-2-3-7-24-16)21(30)29(14)9-8-23-13-19-17-10-15(22)5-6-18(17)27-28-19/h2-7,10-11,23H,8-9,12-13H2,1H3,(H,25,26)(H,27,28). The molecule has 0 saturated heterocycles. The molecule has 0 unspecified atom stereocenters. The molecule has 0 aliphatic heterocycles. The molecule has 0 spiro atoms. The first-order chi connectivity index (χ1) is 14.6. The first-order valence-electron chi connectivity index (χ1n) is 9.65. The zero-order chi connectivity index (χ0) is 20.9. The van der Waals surface area contributed by atoms with E-state index >= 15 is 0 Å².